The molecule has 2 aromatic rings. The molecule has 1 atom stereocenters. The van der Waals surface area contributed by atoms with Crippen molar-refractivity contribution in [2.24, 2.45) is 9.98 Å². The molecule has 0 aliphatic carbocycles. The molecule has 0 saturated carbocycles. The molecular formula is C18H16Cl2FN3O. The number of ether oxygens (including phenoxy) is 1. The predicted octanol–water partition coefficient (Wildman–Crippen LogP) is 4.97. The van der Waals surface area contributed by atoms with E-state index in [1.165, 1.54) is 18.5 Å². The summed E-state index contributed by atoms with van der Waals surface area (Å²) in [5.74, 6) is 0.314. The lowest BCUT2D eigenvalue weighted by molar-refractivity contribution is 0.264. The fourth-order valence-electron chi connectivity index (χ4n) is 2.46. The first kappa shape index (κ1) is 17.7. The van der Waals surface area contributed by atoms with Gasteiger partial charge in [-0.3, -0.25) is 0 Å². The van der Waals surface area contributed by atoms with Crippen molar-refractivity contribution in [2.75, 3.05) is 13.2 Å². The predicted molar refractivity (Wildman–Crippen MR) is 99.4 cm³/mol. The van der Waals surface area contributed by atoms with Crippen LogP contribution in [0.4, 0.5) is 4.39 Å². The van der Waals surface area contributed by atoms with E-state index in [0.29, 0.717) is 18.2 Å². The SMILES string of the molecule is Fc1cc(C2N=CN=CN2CCCOc2ccc(Cl)cc2)ccc1Cl. The third-order valence-corrected chi connectivity index (χ3v) is 4.25. The van der Waals surface area contributed by atoms with Crippen molar-refractivity contribution in [3.8, 4) is 5.75 Å². The van der Waals surface area contributed by atoms with Gasteiger partial charge in [-0.1, -0.05) is 29.3 Å². The van der Waals surface area contributed by atoms with E-state index in [4.69, 9.17) is 27.9 Å². The minimum Gasteiger partial charge on any atom is -0.494 e. The number of hydrogen-bond acceptors (Lipinski definition) is 4. The average Bonchev–Trinajstić information content (AvgIpc) is 2.63. The lowest BCUT2D eigenvalue weighted by Gasteiger charge is -2.29. The van der Waals surface area contributed by atoms with Crippen molar-refractivity contribution in [2.45, 2.75) is 12.6 Å². The Labute approximate surface area is 155 Å². The molecule has 0 spiro atoms. The fourth-order valence-corrected chi connectivity index (χ4v) is 2.71. The molecule has 1 aliphatic rings. The van der Waals surface area contributed by atoms with Crippen molar-refractivity contribution < 1.29 is 9.13 Å². The second-order valence-electron chi connectivity index (χ2n) is 5.47. The largest absolute Gasteiger partial charge is 0.494 e. The molecule has 1 aliphatic heterocycles. The molecule has 7 heteroatoms. The van der Waals surface area contributed by atoms with Crippen LogP contribution in [0.1, 0.15) is 18.2 Å². The minimum atomic E-state index is -0.456. The van der Waals surface area contributed by atoms with Gasteiger partial charge in [-0.05, 0) is 48.4 Å². The van der Waals surface area contributed by atoms with Gasteiger partial charge in [-0.25, -0.2) is 14.4 Å². The Morgan fingerprint density at radius 1 is 1.12 bits per heavy atom. The highest BCUT2D eigenvalue weighted by Gasteiger charge is 2.19. The lowest BCUT2D eigenvalue weighted by atomic mass is 10.1. The van der Waals surface area contributed by atoms with Crippen molar-refractivity contribution >= 4 is 35.9 Å². The van der Waals surface area contributed by atoms with Gasteiger partial charge < -0.3 is 9.64 Å². The van der Waals surface area contributed by atoms with Gasteiger partial charge in [-0.2, -0.15) is 0 Å². The van der Waals surface area contributed by atoms with Crippen LogP contribution in [0, 0.1) is 5.82 Å². The van der Waals surface area contributed by atoms with Crippen LogP contribution in [-0.4, -0.2) is 30.7 Å². The zero-order valence-electron chi connectivity index (χ0n) is 13.3. The summed E-state index contributed by atoms with van der Waals surface area (Å²) < 4.78 is 19.4. The van der Waals surface area contributed by atoms with Gasteiger partial charge >= 0.3 is 0 Å². The molecular weight excluding hydrogens is 364 g/mol. The van der Waals surface area contributed by atoms with E-state index < -0.39 is 5.82 Å². The van der Waals surface area contributed by atoms with Gasteiger partial charge in [0, 0.05) is 11.6 Å². The van der Waals surface area contributed by atoms with E-state index in [0.717, 1.165) is 17.7 Å². The topological polar surface area (TPSA) is 37.2 Å². The summed E-state index contributed by atoms with van der Waals surface area (Å²) in [6.45, 7) is 1.21. The van der Waals surface area contributed by atoms with E-state index in [2.05, 4.69) is 9.98 Å². The minimum absolute atomic E-state index is 0.0973. The van der Waals surface area contributed by atoms with Crippen molar-refractivity contribution in [3.05, 3.63) is 63.9 Å². The summed E-state index contributed by atoms with van der Waals surface area (Å²) in [7, 11) is 0. The van der Waals surface area contributed by atoms with E-state index in [9.17, 15) is 4.39 Å². The monoisotopic (exact) mass is 379 g/mol. The number of hydrogen-bond donors (Lipinski definition) is 0. The number of benzene rings is 2. The first-order valence-corrected chi connectivity index (χ1v) is 8.53. The molecule has 0 N–H and O–H groups in total. The molecule has 130 valence electrons. The maximum atomic E-state index is 13.7. The smallest absolute Gasteiger partial charge is 0.149 e. The van der Waals surface area contributed by atoms with Crippen LogP contribution in [-0.2, 0) is 0 Å². The molecule has 1 unspecified atom stereocenters. The molecule has 0 bridgehead atoms. The Kier molecular flexibility index (Phi) is 5.89. The van der Waals surface area contributed by atoms with E-state index in [1.54, 1.807) is 24.5 Å². The van der Waals surface area contributed by atoms with Gasteiger partial charge in [0.1, 0.15) is 24.1 Å². The zero-order chi connectivity index (χ0) is 17.6. The Morgan fingerprint density at radius 2 is 1.92 bits per heavy atom. The maximum Gasteiger partial charge on any atom is 0.149 e. The molecule has 25 heavy (non-hydrogen) atoms. The van der Waals surface area contributed by atoms with Gasteiger partial charge in [-0.15, -0.1) is 0 Å². The highest BCUT2D eigenvalue weighted by atomic mass is 35.5. The van der Waals surface area contributed by atoms with Crippen LogP contribution in [0.3, 0.4) is 0 Å². The zero-order valence-corrected chi connectivity index (χ0v) is 14.8. The van der Waals surface area contributed by atoms with Gasteiger partial charge in [0.25, 0.3) is 0 Å². The highest BCUT2D eigenvalue weighted by Crippen LogP contribution is 2.26. The lowest BCUT2D eigenvalue weighted by Crippen LogP contribution is -2.30. The number of aliphatic imine (C=N–C) groups is 2. The Balaban J connectivity index is 1.56. The first-order valence-electron chi connectivity index (χ1n) is 7.77. The number of nitrogens with zero attached hydrogens (tertiary/aromatic N) is 3. The first-order chi connectivity index (χ1) is 12.1. The molecule has 0 amide bonds. The summed E-state index contributed by atoms with van der Waals surface area (Å²) in [5.41, 5.74) is 0.725. The van der Waals surface area contributed by atoms with Crippen LogP contribution >= 0.6 is 23.2 Å². The molecule has 1 heterocycles. The second kappa shape index (κ2) is 8.32. The van der Waals surface area contributed by atoms with E-state index in [1.807, 2.05) is 17.0 Å². The number of rotatable bonds is 6. The molecule has 0 aromatic heterocycles. The van der Waals surface area contributed by atoms with Gasteiger partial charge in [0.2, 0.25) is 0 Å². The molecule has 0 radical (unpaired) electrons. The normalized spacial score (nSPS) is 16.3. The van der Waals surface area contributed by atoms with Crippen LogP contribution in [0.5, 0.6) is 5.75 Å². The van der Waals surface area contributed by atoms with Gasteiger partial charge in [0.05, 0.1) is 18.0 Å². The maximum absolute atomic E-state index is 13.7. The van der Waals surface area contributed by atoms with E-state index in [-0.39, 0.29) is 11.2 Å². The molecule has 0 fully saturated rings. The van der Waals surface area contributed by atoms with Crippen LogP contribution < -0.4 is 4.74 Å². The quantitative estimate of drug-likeness (QED) is 0.664. The molecule has 0 saturated heterocycles. The molecule has 3 rings (SSSR count). The summed E-state index contributed by atoms with van der Waals surface area (Å²) >= 11 is 11.6. The Bertz CT molecular complexity index is 780. The molecule has 2 aromatic carbocycles. The Hall–Kier alpha value is -2.11. The van der Waals surface area contributed by atoms with Gasteiger partial charge in [0.15, 0.2) is 0 Å². The van der Waals surface area contributed by atoms with Crippen molar-refractivity contribution in [1.82, 2.24) is 4.90 Å². The van der Waals surface area contributed by atoms with Crippen LogP contribution in [0.2, 0.25) is 10.0 Å². The van der Waals surface area contributed by atoms with E-state index >= 15 is 0 Å². The highest BCUT2D eigenvalue weighted by molar-refractivity contribution is 6.30. The van der Waals surface area contributed by atoms with Crippen LogP contribution in [0.25, 0.3) is 0 Å². The Morgan fingerprint density at radius 3 is 2.68 bits per heavy atom. The number of halogens is 3. The average molecular weight is 380 g/mol. The third kappa shape index (κ3) is 4.71. The fraction of sp³-hybridized carbons (Fsp3) is 0.222. The standard InChI is InChI=1S/C18H16Cl2FN3O/c19-14-3-5-15(6-4-14)25-9-1-8-24-12-22-11-23-18(24)13-2-7-16(20)17(21)10-13/h2-7,10-12,18H,1,8-9H2. The molecule has 4 nitrogen and oxygen atoms in total. The van der Waals surface area contributed by atoms with Crippen LogP contribution in [0.15, 0.2) is 52.4 Å². The summed E-state index contributed by atoms with van der Waals surface area (Å²) in [4.78, 5) is 10.3. The van der Waals surface area contributed by atoms with Crippen molar-refractivity contribution in [1.29, 1.82) is 0 Å². The summed E-state index contributed by atoms with van der Waals surface area (Å²) in [6.07, 6.45) is 3.61. The van der Waals surface area contributed by atoms with Crippen molar-refractivity contribution in [3.63, 3.8) is 0 Å². The summed E-state index contributed by atoms with van der Waals surface area (Å²) in [6, 6.07) is 11.9. The third-order valence-electron chi connectivity index (χ3n) is 3.69. The summed E-state index contributed by atoms with van der Waals surface area (Å²) in [5, 5.41) is 0.771. The second-order valence-corrected chi connectivity index (χ2v) is 6.31.